The van der Waals surface area contributed by atoms with E-state index in [1.165, 1.54) is 0 Å². The molecular formula is C18H24N6O2. The number of aromatic nitrogens is 5. The molecule has 0 bridgehead atoms. The number of carbonyl (C=O) groups excluding carboxylic acids is 1. The van der Waals surface area contributed by atoms with Crippen molar-refractivity contribution in [2.75, 3.05) is 7.05 Å². The molecule has 8 nitrogen and oxygen atoms in total. The number of imidazole rings is 1. The normalized spacial score (nSPS) is 11.7. The van der Waals surface area contributed by atoms with Crippen molar-refractivity contribution in [3.8, 4) is 0 Å². The third-order valence-corrected chi connectivity index (χ3v) is 4.03. The predicted octanol–water partition coefficient (Wildman–Crippen LogP) is 2.87. The molecule has 0 atom stereocenters. The summed E-state index contributed by atoms with van der Waals surface area (Å²) in [6, 6.07) is 2.02. The molecule has 0 fully saturated rings. The van der Waals surface area contributed by atoms with Crippen molar-refractivity contribution in [2.24, 2.45) is 5.92 Å². The highest BCUT2D eigenvalue weighted by atomic mass is 16.5. The molecule has 3 aromatic rings. The lowest BCUT2D eigenvalue weighted by molar-refractivity contribution is 0.0780. The van der Waals surface area contributed by atoms with Gasteiger partial charge in [0.15, 0.2) is 11.5 Å². The van der Waals surface area contributed by atoms with Crippen LogP contribution >= 0.6 is 0 Å². The first-order valence-electron chi connectivity index (χ1n) is 8.74. The minimum absolute atomic E-state index is 0.159. The van der Waals surface area contributed by atoms with Gasteiger partial charge in [-0.2, -0.15) is 4.98 Å². The summed E-state index contributed by atoms with van der Waals surface area (Å²) in [5.74, 6) is 1.37. The zero-order valence-electron chi connectivity index (χ0n) is 15.8. The van der Waals surface area contributed by atoms with E-state index < -0.39 is 0 Å². The molecular weight excluding hydrogens is 332 g/mol. The summed E-state index contributed by atoms with van der Waals surface area (Å²) in [4.78, 5) is 27.3. The van der Waals surface area contributed by atoms with Crippen molar-refractivity contribution in [1.29, 1.82) is 0 Å². The molecule has 0 spiro atoms. The van der Waals surface area contributed by atoms with Crippen molar-refractivity contribution >= 4 is 17.1 Å². The maximum absolute atomic E-state index is 12.7. The topological polar surface area (TPSA) is 89.9 Å². The first-order chi connectivity index (χ1) is 12.3. The minimum Gasteiger partial charge on any atom is -0.339 e. The summed E-state index contributed by atoms with van der Waals surface area (Å²) < 4.78 is 7.20. The molecule has 0 aromatic carbocycles. The maximum Gasteiger partial charge on any atom is 0.255 e. The fourth-order valence-electron chi connectivity index (χ4n) is 2.70. The molecule has 138 valence electrons. The van der Waals surface area contributed by atoms with Gasteiger partial charge in [-0.25, -0.2) is 9.97 Å². The number of hydrogen-bond acceptors (Lipinski definition) is 6. The number of carbonyl (C=O) groups is 1. The standard InChI is InChI=1S/C18H24N6O2/c1-11(2)6-16-21-15(22-26-16)9-23(5)18(25)13-7-14-17(19-8-13)24(10-20-14)12(3)4/h7-8,10-12H,6,9H2,1-5H3. The number of rotatable bonds is 6. The van der Waals surface area contributed by atoms with Gasteiger partial charge in [0.05, 0.1) is 18.4 Å². The average molecular weight is 356 g/mol. The van der Waals surface area contributed by atoms with Gasteiger partial charge in [0.2, 0.25) is 5.89 Å². The third-order valence-electron chi connectivity index (χ3n) is 4.03. The first kappa shape index (κ1) is 18.0. The van der Waals surface area contributed by atoms with E-state index in [0.29, 0.717) is 28.7 Å². The van der Waals surface area contributed by atoms with Crippen LogP contribution in [-0.2, 0) is 13.0 Å². The largest absolute Gasteiger partial charge is 0.339 e. The minimum atomic E-state index is -0.159. The van der Waals surface area contributed by atoms with Gasteiger partial charge in [0, 0.05) is 25.7 Å². The summed E-state index contributed by atoms with van der Waals surface area (Å²) in [5.41, 5.74) is 1.97. The fraction of sp³-hybridized carbons (Fsp3) is 0.500. The van der Waals surface area contributed by atoms with E-state index in [0.717, 1.165) is 12.1 Å². The average Bonchev–Trinajstić information content (AvgIpc) is 3.19. The van der Waals surface area contributed by atoms with Crippen molar-refractivity contribution in [3.63, 3.8) is 0 Å². The summed E-state index contributed by atoms with van der Waals surface area (Å²) in [5, 5.41) is 3.95. The molecule has 26 heavy (non-hydrogen) atoms. The van der Waals surface area contributed by atoms with E-state index >= 15 is 0 Å². The Kier molecular flexibility index (Phi) is 5.01. The molecule has 0 saturated carbocycles. The van der Waals surface area contributed by atoms with Crippen molar-refractivity contribution < 1.29 is 9.32 Å². The predicted molar refractivity (Wildman–Crippen MR) is 96.6 cm³/mol. The zero-order chi connectivity index (χ0) is 18.8. The van der Waals surface area contributed by atoms with Gasteiger partial charge in [0.25, 0.3) is 5.91 Å². The summed E-state index contributed by atoms with van der Waals surface area (Å²) in [6.45, 7) is 8.58. The van der Waals surface area contributed by atoms with Crippen molar-refractivity contribution in [2.45, 2.75) is 46.7 Å². The summed E-state index contributed by atoms with van der Waals surface area (Å²) >= 11 is 0. The van der Waals surface area contributed by atoms with Gasteiger partial charge < -0.3 is 14.0 Å². The number of fused-ring (bicyclic) bond motifs is 1. The van der Waals surface area contributed by atoms with E-state index in [-0.39, 0.29) is 18.5 Å². The smallest absolute Gasteiger partial charge is 0.255 e. The lowest BCUT2D eigenvalue weighted by Gasteiger charge is -2.15. The molecule has 3 heterocycles. The molecule has 3 rings (SSSR count). The number of hydrogen-bond donors (Lipinski definition) is 0. The Morgan fingerprint density at radius 2 is 2.04 bits per heavy atom. The quantitative estimate of drug-likeness (QED) is 0.674. The van der Waals surface area contributed by atoms with Crippen LogP contribution in [0.5, 0.6) is 0 Å². The summed E-state index contributed by atoms with van der Waals surface area (Å²) in [6.07, 6.45) is 4.06. The van der Waals surface area contributed by atoms with Crippen LogP contribution in [0.3, 0.4) is 0 Å². The molecule has 3 aromatic heterocycles. The number of nitrogens with zero attached hydrogens (tertiary/aromatic N) is 6. The van der Waals surface area contributed by atoms with Gasteiger partial charge in [-0.3, -0.25) is 4.79 Å². The highest BCUT2D eigenvalue weighted by Crippen LogP contribution is 2.17. The molecule has 1 amide bonds. The van der Waals surface area contributed by atoms with Crippen molar-refractivity contribution in [3.05, 3.63) is 35.9 Å². The maximum atomic E-state index is 12.7. The number of amides is 1. The van der Waals surface area contributed by atoms with Crippen molar-refractivity contribution in [1.82, 2.24) is 29.6 Å². The Hall–Kier alpha value is -2.77. The van der Waals surface area contributed by atoms with Crippen LogP contribution in [-0.4, -0.2) is 42.5 Å². The van der Waals surface area contributed by atoms with E-state index in [1.54, 1.807) is 30.5 Å². The van der Waals surface area contributed by atoms with Gasteiger partial charge in [-0.15, -0.1) is 0 Å². The van der Waals surface area contributed by atoms with Crippen LogP contribution in [0, 0.1) is 5.92 Å². The second-order valence-electron chi connectivity index (χ2n) is 7.18. The van der Waals surface area contributed by atoms with Gasteiger partial charge in [-0.1, -0.05) is 19.0 Å². The lowest BCUT2D eigenvalue weighted by atomic mass is 10.1. The van der Waals surface area contributed by atoms with E-state index in [2.05, 4.69) is 47.8 Å². The van der Waals surface area contributed by atoms with Crippen LogP contribution < -0.4 is 0 Å². The van der Waals surface area contributed by atoms with E-state index in [1.807, 2.05) is 4.57 Å². The van der Waals surface area contributed by atoms with Crippen LogP contribution in [0.25, 0.3) is 11.2 Å². The second kappa shape index (κ2) is 7.23. The SMILES string of the molecule is CC(C)Cc1nc(CN(C)C(=O)c2cnc3c(c2)ncn3C(C)C)no1. The third kappa shape index (κ3) is 3.74. The Bertz CT molecular complexity index is 911. The second-order valence-corrected chi connectivity index (χ2v) is 7.18. The fourth-order valence-corrected chi connectivity index (χ4v) is 2.70. The van der Waals surface area contributed by atoms with Gasteiger partial charge in [0.1, 0.15) is 5.52 Å². The van der Waals surface area contributed by atoms with Gasteiger partial charge >= 0.3 is 0 Å². The molecule has 0 aliphatic rings. The molecule has 8 heteroatoms. The zero-order valence-corrected chi connectivity index (χ0v) is 15.8. The Balaban J connectivity index is 1.73. The Labute approximate surface area is 152 Å². The monoisotopic (exact) mass is 356 g/mol. The molecule has 0 radical (unpaired) electrons. The molecule has 0 saturated heterocycles. The lowest BCUT2D eigenvalue weighted by Crippen LogP contribution is -2.26. The van der Waals surface area contributed by atoms with Gasteiger partial charge in [-0.05, 0) is 25.8 Å². The van der Waals surface area contributed by atoms with E-state index in [9.17, 15) is 4.79 Å². The first-order valence-corrected chi connectivity index (χ1v) is 8.74. The molecule has 0 N–H and O–H groups in total. The van der Waals surface area contributed by atoms with Crippen LogP contribution in [0.2, 0.25) is 0 Å². The highest BCUT2D eigenvalue weighted by Gasteiger charge is 2.18. The highest BCUT2D eigenvalue weighted by molar-refractivity contribution is 5.96. The molecule has 0 aliphatic heterocycles. The van der Waals surface area contributed by atoms with Crippen LogP contribution in [0.4, 0.5) is 0 Å². The van der Waals surface area contributed by atoms with Crippen LogP contribution in [0.15, 0.2) is 23.1 Å². The summed E-state index contributed by atoms with van der Waals surface area (Å²) in [7, 11) is 1.71. The Morgan fingerprint density at radius 3 is 2.73 bits per heavy atom. The Morgan fingerprint density at radius 1 is 1.27 bits per heavy atom. The van der Waals surface area contributed by atoms with Crippen LogP contribution in [0.1, 0.15) is 55.8 Å². The molecule has 0 aliphatic carbocycles. The van der Waals surface area contributed by atoms with E-state index in [4.69, 9.17) is 4.52 Å². The number of pyridine rings is 1. The molecule has 0 unspecified atom stereocenters.